The van der Waals surface area contributed by atoms with Gasteiger partial charge < -0.3 is 21.7 Å². The van der Waals surface area contributed by atoms with Crippen molar-refractivity contribution >= 4 is 11.4 Å². The van der Waals surface area contributed by atoms with Crippen LogP contribution in [0.4, 0.5) is 11.4 Å². The van der Waals surface area contributed by atoms with Crippen molar-refractivity contribution in [3.05, 3.63) is 47.5 Å². The molecule has 4 heteroatoms. The maximum Gasteiger partial charge on any atom is 0.138 e. The monoisotopic (exact) mass is 300 g/mol. The van der Waals surface area contributed by atoms with Crippen LogP contribution in [0.25, 0.3) is 0 Å². The van der Waals surface area contributed by atoms with E-state index in [1.54, 1.807) is 24.3 Å². The second-order valence-corrected chi connectivity index (χ2v) is 5.67. The summed E-state index contributed by atoms with van der Waals surface area (Å²) in [4.78, 5) is 0. The molecule has 0 fully saturated rings. The molecule has 2 atom stereocenters. The Morgan fingerprint density at radius 1 is 0.773 bits per heavy atom. The van der Waals surface area contributed by atoms with Crippen LogP contribution in [0.1, 0.15) is 49.7 Å². The van der Waals surface area contributed by atoms with E-state index < -0.39 is 0 Å². The summed E-state index contributed by atoms with van der Waals surface area (Å²) in [5.74, 6) is 0.705. The standard InChI is InChI=1S/C18H24N2O2/c1-3-13(11-5-7-15(19)17(21)9-11)14(4-2)12-6-8-16(20)18(22)10-12/h5-10,13-14,21-22H,3-4,19-20H2,1-2H3. The van der Waals surface area contributed by atoms with Crippen molar-refractivity contribution in [3.8, 4) is 11.5 Å². The van der Waals surface area contributed by atoms with Crippen molar-refractivity contribution in [1.82, 2.24) is 0 Å². The second kappa shape index (κ2) is 6.60. The minimum absolute atomic E-state index is 0.117. The molecule has 118 valence electrons. The number of aromatic hydroxyl groups is 2. The molecule has 2 rings (SSSR count). The maximum absolute atomic E-state index is 9.87. The topological polar surface area (TPSA) is 92.5 Å². The Morgan fingerprint density at radius 2 is 1.14 bits per heavy atom. The van der Waals surface area contributed by atoms with Crippen LogP contribution in [0.15, 0.2) is 36.4 Å². The van der Waals surface area contributed by atoms with Gasteiger partial charge in [-0.15, -0.1) is 0 Å². The molecule has 0 radical (unpaired) electrons. The lowest BCUT2D eigenvalue weighted by Gasteiger charge is -2.27. The third-order valence-electron chi connectivity index (χ3n) is 4.33. The van der Waals surface area contributed by atoms with Crippen molar-refractivity contribution in [3.63, 3.8) is 0 Å². The van der Waals surface area contributed by atoms with Crippen LogP contribution in [0.5, 0.6) is 11.5 Å². The fourth-order valence-electron chi connectivity index (χ4n) is 3.09. The van der Waals surface area contributed by atoms with E-state index >= 15 is 0 Å². The number of phenolic OH excluding ortho intramolecular Hbond substituents is 2. The number of benzene rings is 2. The van der Waals surface area contributed by atoms with Gasteiger partial charge in [0, 0.05) is 0 Å². The Balaban J connectivity index is 2.41. The lowest BCUT2D eigenvalue weighted by molar-refractivity contribution is 0.465. The van der Waals surface area contributed by atoms with Gasteiger partial charge in [0.05, 0.1) is 11.4 Å². The predicted octanol–water partition coefficient (Wildman–Crippen LogP) is 3.95. The molecule has 2 aromatic carbocycles. The van der Waals surface area contributed by atoms with Crippen molar-refractivity contribution in [2.75, 3.05) is 11.5 Å². The van der Waals surface area contributed by atoms with E-state index in [9.17, 15) is 10.2 Å². The quantitative estimate of drug-likeness (QED) is 0.497. The Morgan fingerprint density at radius 3 is 1.41 bits per heavy atom. The zero-order valence-corrected chi connectivity index (χ0v) is 13.1. The van der Waals surface area contributed by atoms with E-state index in [0.29, 0.717) is 11.4 Å². The minimum atomic E-state index is 0.117. The Hall–Kier alpha value is -2.36. The van der Waals surface area contributed by atoms with Crippen molar-refractivity contribution in [2.24, 2.45) is 0 Å². The van der Waals surface area contributed by atoms with Gasteiger partial charge in [-0.05, 0) is 60.1 Å². The van der Waals surface area contributed by atoms with Gasteiger partial charge in [-0.3, -0.25) is 0 Å². The van der Waals surface area contributed by atoms with Gasteiger partial charge >= 0.3 is 0 Å². The van der Waals surface area contributed by atoms with Crippen LogP contribution in [0.2, 0.25) is 0 Å². The first kappa shape index (κ1) is 16.0. The van der Waals surface area contributed by atoms with Crippen LogP contribution in [-0.2, 0) is 0 Å². The van der Waals surface area contributed by atoms with Gasteiger partial charge in [-0.1, -0.05) is 26.0 Å². The number of nitrogen functional groups attached to an aromatic ring is 2. The Labute approximate surface area is 131 Å². The average Bonchev–Trinajstić information content (AvgIpc) is 2.50. The number of rotatable bonds is 5. The van der Waals surface area contributed by atoms with Gasteiger partial charge in [0.1, 0.15) is 11.5 Å². The molecule has 2 unspecified atom stereocenters. The summed E-state index contributed by atoms with van der Waals surface area (Å²) in [7, 11) is 0. The van der Waals surface area contributed by atoms with Crippen molar-refractivity contribution in [1.29, 1.82) is 0 Å². The first-order valence-corrected chi connectivity index (χ1v) is 7.64. The lowest BCUT2D eigenvalue weighted by Crippen LogP contribution is -2.10. The molecule has 0 aliphatic carbocycles. The normalized spacial score (nSPS) is 13.7. The molecule has 22 heavy (non-hydrogen) atoms. The van der Waals surface area contributed by atoms with Crippen LogP contribution in [-0.4, -0.2) is 10.2 Å². The van der Waals surface area contributed by atoms with E-state index in [0.717, 1.165) is 24.0 Å². The summed E-state index contributed by atoms with van der Waals surface area (Å²) in [6.07, 6.45) is 1.85. The molecular formula is C18H24N2O2. The van der Waals surface area contributed by atoms with Crippen LogP contribution < -0.4 is 11.5 Å². The largest absolute Gasteiger partial charge is 0.506 e. The Bertz CT molecular complexity index is 598. The first-order valence-electron chi connectivity index (χ1n) is 7.64. The third kappa shape index (κ3) is 3.11. The molecule has 6 N–H and O–H groups in total. The highest BCUT2D eigenvalue weighted by Crippen LogP contribution is 2.41. The van der Waals surface area contributed by atoms with Gasteiger partial charge in [0.2, 0.25) is 0 Å². The molecule has 0 bridgehead atoms. The SMILES string of the molecule is CCC(c1ccc(N)c(O)c1)C(CC)c1ccc(N)c(O)c1. The number of anilines is 2. The molecule has 4 nitrogen and oxygen atoms in total. The zero-order chi connectivity index (χ0) is 16.3. The maximum atomic E-state index is 9.87. The van der Waals surface area contributed by atoms with E-state index in [2.05, 4.69) is 13.8 Å². The van der Waals surface area contributed by atoms with E-state index in [1.165, 1.54) is 0 Å². The summed E-state index contributed by atoms with van der Waals surface area (Å²) in [5.41, 5.74) is 14.3. The van der Waals surface area contributed by atoms with E-state index in [1.807, 2.05) is 12.1 Å². The minimum Gasteiger partial charge on any atom is -0.506 e. The van der Waals surface area contributed by atoms with Gasteiger partial charge in [0.25, 0.3) is 0 Å². The van der Waals surface area contributed by atoms with Crippen LogP contribution in [0.3, 0.4) is 0 Å². The zero-order valence-electron chi connectivity index (χ0n) is 13.1. The summed E-state index contributed by atoms with van der Waals surface area (Å²) in [6, 6.07) is 10.9. The van der Waals surface area contributed by atoms with E-state index in [4.69, 9.17) is 11.5 Å². The van der Waals surface area contributed by atoms with Crippen LogP contribution >= 0.6 is 0 Å². The lowest BCUT2D eigenvalue weighted by atomic mass is 9.78. The fraction of sp³-hybridized carbons (Fsp3) is 0.333. The summed E-state index contributed by atoms with van der Waals surface area (Å²) in [5, 5.41) is 19.7. The summed E-state index contributed by atoms with van der Waals surface area (Å²) < 4.78 is 0. The molecule has 2 aromatic rings. The number of hydrogen-bond acceptors (Lipinski definition) is 4. The first-order chi connectivity index (χ1) is 10.5. The van der Waals surface area contributed by atoms with E-state index in [-0.39, 0.29) is 23.3 Å². The molecule has 0 aromatic heterocycles. The highest BCUT2D eigenvalue weighted by atomic mass is 16.3. The molecule has 0 spiro atoms. The molecular weight excluding hydrogens is 276 g/mol. The summed E-state index contributed by atoms with van der Waals surface area (Å²) >= 11 is 0. The molecule has 0 heterocycles. The predicted molar refractivity (Wildman–Crippen MR) is 91.1 cm³/mol. The fourth-order valence-corrected chi connectivity index (χ4v) is 3.09. The number of phenols is 2. The van der Waals surface area contributed by atoms with Gasteiger partial charge in [-0.25, -0.2) is 0 Å². The Kier molecular flexibility index (Phi) is 4.81. The van der Waals surface area contributed by atoms with Crippen molar-refractivity contribution < 1.29 is 10.2 Å². The highest BCUT2D eigenvalue weighted by Gasteiger charge is 2.23. The van der Waals surface area contributed by atoms with Gasteiger partial charge in [0.15, 0.2) is 0 Å². The highest BCUT2D eigenvalue weighted by molar-refractivity contribution is 5.55. The molecule has 0 saturated carbocycles. The second-order valence-electron chi connectivity index (χ2n) is 5.67. The number of hydrogen-bond donors (Lipinski definition) is 4. The number of nitrogens with two attached hydrogens (primary N) is 2. The average molecular weight is 300 g/mol. The van der Waals surface area contributed by atoms with Gasteiger partial charge in [-0.2, -0.15) is 0 Å². The summed E-state index contributed by atoms with van der Waals surface area (Å²) in [6.45, 7) is 4.25. The molecule has 0 aliphatic heterocycles. The third-order valence-corrected chi connectivity index (χ3v) is 4.33. The smallest absolute Gasteiger partial charge is 0.138 e. The molecule has 0 amide bonds. The van der Waals surface area contributed by atoms with Crippen LogP contribution in [0, 0.1) is 0 Å². The van der Waals surface area contributed by atoms with Crippen molar-refractivity contribution in [2.45, 2.75) is 38.5 Å². The molecule has 0 saturated heterocycles. The molecule has 0 aliphatic rings.